The number of rotatable bonds is 1. The van der Waals surface area contributed by atoms with E-state index in [0.29, 0.717) is 12.4 Å². The molecule has 20 heavy (non-hydrogen) atoms. The largest absolute Gasteiger partial charge is 0.378 e. The predicted octanol–water partition coefficient (Wildman–Crippen LogP) is 3.22. The maximum absolute atomic E-state index is 12.3. The molecule has 2 heterocycles. The maximum atomic E-state index is 12.3. The Balaban J connectivity index is 2.22. The number of carbonyl (C=O) groups excluding carboxylic acids is 1. The lowest BCUT2D eigenvalue weighted by atomic mass is 10.1. The fraction of sp³-hybridized carbons (Fsp3) is 0.200. The minimum atomic E-state index is -0.180. The monoisotopic (exact) mass is 287 g/mol. The Morgan fingerprint density at radius 3 is 3.10 bits per heavy atom. The van der Waals surface area contributed by atoms with Gasteiger partial charge in [-0.1, -0.05) is 17.7 Å². The van der Waals surface area contributed by atoms with Crippen molar-refractivity contribution < 1.29 is 4.79 Å². The van der Waals surface area contributed by atoms with Gasteiger partial charge in [0.2, 0.25) is 5.91 Å². The fourth-order valence-electron chi connectivity index (χ4n) is 2.40. The van der Waals surface area contributed by atoms with Crippen LogP contribution in [0.15, 0.2) is 36.5 Å². The third-order valence-electron chi connectivity index (χ3n) is 3.31. The van der Waals surface area contributed by atoms with Crippen LogP contribution >= 0.6 is 11.6 Å². The Kier molecular flexibility index (Phi) is 3.32. The smallest absolute Gasteiger partial charge is 0.247 e. The van der Waals surface area contributed by atoms with Crippen molar-refractivity contribution in [2.75, 3.05) is 16.1 Å². The first-order valence-electron chi connectivity index (χ1n) is 6.38. The minimum Gasteiger partial charge on any atom is -0.378 e. The normalized spacial score (nSPS) is 13.0. The summed E-state index contributed by atoms with van der Waals surface area (Å²) in [5.74, 6) is 0.338. The zero-order chi connectivity index (χ0) is 14.1. The van der Waals surface area contributed by atoms with Crippen molar-refractivity contribution in [1.82, 2.24) is 4.98 Å². The molecule has 1 amide bonds. The molecule has 1 aromatic carbocycles. The van der Waals surface area contributed by atoms with Crippen molar-refractivity contribution >= 4 is 34.7 Å². The molecule has 0 spiro atoms. The Hall–Kier alpha value is -2.07. The molecular formula is C15H14ClN3O. The highest BCUT2D eigenvalue weighted by atomic mass is 35.5. The van der Waals surface area contributed by atoms with Gasteiger partial charge in [0.15, 0.2) is 5.82 Å². The number of hydrogen-bond donors (Lipinski definition) is 1. The molecule has 0 unspecified atom stereocenters. The number of nitrogens with one attached hydrogen (secondary N) is 1. The van der Waals surface area contributed by atoms with Gasteiger partial charge in [-0.15, -0.1) is 11.6 Å². The van der Waals surface area contributed by atoms with Crippen LogP contribution in [0.5, 0.6) is 0 Å². The van der Waals surface area contributed by atoms with Crippen LogP contribution in [-0.2, 0) is 11.3 Å². The first kappa shape index (κ1) is 12.9. The van der Waals surface area contributed by atoms with Crippen LogP contribution in [0.4, 0.5) is 17.2 Å². The maximum Gasteiger partial charge on any atom is 0.247 e. The summed E-state index contributed by atoms with van der Waals surface area (Å²) in [7, 11) is 0. The van der Waals surface area contributed by atoms with Gasteiger partial charge in [0.05, 0.1) is 11.4 Å². The number of hydrogen-bond acceptors (Lipinski definition) is 3. The lowest BCUT2D eigenvalue weighted by Gasteiger charge is -2.22. The van der Waals surface area contributed by atoms with E-state index in [-0.39, 0.29) is 11.8 Å². The average molecular weight is 288 g/mol. The van der Waals surface area contributed by atoms with Crippen LogP contribution in [0.25, 0.3) is 0 Å². The number of pyridine rings is 1. The molecule has 3 rings (SSSR count). The van der Waals surface area contributed by atoms with Crippen molar-refractivity contribution in [3.05, 3.63) is 47.7 Å². The number of alkyl halides is 1. The van der Waals surface area contributed by atoms with E-state index in [1.807, 2.05) is 31.2 Å². The van der Waals surface area contributed by atoms with Gasteiger partial charge in [-0.25, -0.2) is 4.98 Å². The topological polar surface area (TPSA) is 45.2 Å². The quantitative estimate of drug-likeness (QED) is 0.819. The van der Waals surface area contributed by atoms with E-state index < -0.39 is 0 Å². The van der Waals surface area contributed by atoms with Gasteiger partial charge in [0.1, 0.15) is 5.88 Å². The second-order valence-electron chi connectivity index (χ2n) is 4.72. The first-order valence-corrected chi connectivity index (χ1v) is 6.91. The zero-order valence-electron chi connectivity index (χ0n) is 11.1. The number of aryl methyl sites for hydroxylation is 1. The van der Waals surface area contributed by atoms with Crippen LogP contribution in [0.3, 0.4) is 0 Å². The van der Waals surface area contributed by atoms with E-state index in [0.717, 1.165) is 22.5 Å². The molecule has 0 fully saturated rings. The highest BCUT2D eigenvalue weighted by Crippen LogP contribution is 2.36. The van der Waals surface area contributed by atoms with Gasteiger partial charge in [-0.05, 0) is 30.7 Å². The van der Waals surface area contributed by atoms with E-state index in [4.69, 9.17) is 11.6 Å². The molecule has 0 radical (unpaired) electrons. The van der Waals surface area contributed by atoms with Crippen molar-refractivity contribution in [3.8, 4) is 0 Å². The summed E-state index contributed by atoms with van der Waals surface area (Å²) in [6.07, 6.45) is 1.67. The molecule has 0 aliphatic carbocycles. The number of halogens is 1. The molecular weight excluding hydrogens is 274 g/mol. The van der Waals surface area contributed by atoms with Crippen molar-refractivity contribution in [1.29, 1.82) is 0 Å². The van der Waals surface area contributed by atoms with Gasteiger partial charge in [0, 0.05) is 12.7 Å². The molecule has 1 aromatic heterocycles. The third-order valence-corrected chi connectivity index (χ3v) is 3.54. The molecule has 1 aliphatic heterocycles. The number of benzene rings is 1. The third kappa shape index (κ3) is 2.12. The zero-order valence-corrected chi connectivity index (χ0v) is 11.8. The van der Waals surface area contributed by atoms with Gasteiger partial charge in [-0.3, -0.25) is 9.69 Å². The lowest BCUT2D eigenvalue weighted by Crippen LogP contribution is -2.28. The summed E-state index contributed by atoms with van der Waals surface area (Å²) >= 11 is 5.76. The van der Waals surface area contributed by atoms with Gasteiger partial charge < -0.3 is 5.32 Å². The van der Waals surface area contributed by atoms with Crippen LogP contribution in [0, 0.1) is 6.92 Å². The average Bonchev–Trinajstić information content (AvgIpc) is 2.63. The standard InChI is InChI=1S/C15H14ClN3O/c1-10-4-5-13-11(7-10)9-18-12-3-2-6-17-15(12)19(13)14(20)8-16/h2-7,18H,8-9H2,1H3. The summed E-state index contributed by atoms with van der Waals surface area (Å²) in [6.45, 7) is 2.69. The van der Waals surface area contributed by atoms with Gasteiger partial charge >= 0.3 is 0 Å². The summed E-state index contributed by atoms with van der Waals surface area (Å²) in [6, 6.07) is 9.76. The summed E-state index contributed by atoms with van der Waals surface area (Å²) in [4.78, 5) is 18.2. The second kappa shape index (κ2) is 5.13. The van der Waals surface area contributed by atoms with E-state index in [1.54, 1.807) is 11.1 Å². The lowest BCUT2D eigenvalue weighted by molar-refractivity contribution is -0.115. The van der Waals surface area contributed by atoms with Gasteiger partial charge in [-0.2, -0.15) is 0 Å². The van der Waals surface area contributed by atoms with Crippen molar-refractivity contribution in [3.63, 3.8) is 0 Å². The number of fused-ring (bicyclic) bond motifs is 2. The Morgan fingerprint density at radius 2 is 2.30 bits per heavy atom. The molecule has 1 N–H and O–H groups in total. The minimum absolute atomic E-state index is 0.0800. The molecule has 0 bridgehead atoms. The summed E-state index contributed by atoms with van der Waals surface area (Å²) < 4.78 is 0. The van der Waals surface area contributed by atoms with Crippen LogP contribution in [0.1, 0.15) is 11.1 Å². The number of carbonyl (C=O) groups is 1. The van der Waals surface area contributed by atoms with Gasteiger partial charge in [0.25, 0.3) is 0 Å². The Labute approximate surface area is 122 Å². The Bertz CT molecular complexity index is 672. The first-order chi connectivity index (χ1) is 9.70. The SMILES string of the molecule is Cc1ccc2c(c1)CNc1cccnc1N2C(=O)CCl. The molecule has 102 valence electrons. The van der Waals surface area contributed by atoms with Crippen molar-refractivity contribution in [2.45, 2.75) is 13.5 Å². The van der Waals surface area contributed by atoms with E-state index in [1.165, 1.54) is 0 Å². The van der Waals surface area contributed by atoms with E-state index in [2.05, 4.69) is 16.4 Å². The molecule has 5 heteroatoms. The molecule has 0 atom stereocenters. The fourth-order valence-corrected chi connectivity index (χ4v) is 2.52. The molecule has 0 saturated carbocycles. The molecule has 2 aromatic rings. The molecule has 1 aliphatic rings. The summed E-state index contributed by atoms with van der Waals surface area (Å²) in [5, 5.41) is 3.32. The van der Waals surface area contributed by atoms with E-state index >= 15 is 0 Å². The number of anilines is 3. The van der Waals surface area contributed by atoms with E-state index in [9.17, 15) is 4.79 Å². The molecule has 4 nitrogen and oxygen atoms in total. The number of amides is 1. The molecule has 0 saturated heterocycles. The van der Waals surface area contributed by atoms with Crippen LogP contribution in [-0.4, -0.2) is 16.8 Å². The highest BCUT2D eigenvalue weighted by Gasteiger charge is 2.26. The summed E-state index contributed by atoms with van der Waals surface area (Å²) in [5.41, 5.74) is 3.88. The van der Waals surface area contributed by atoms with Crippen LogP contribution in [0.2, 0.25) is 0 Å². The number of nitrogens with zero attached hydrogens (tertiary/aromatic N) is 2. The highest BCUT2D eigenvalue weighted by molar-refractivity contribution is 6.30. The van der Waals surface area contributed by atoms with Crippen LogP contribution < -0.4 is 10.2 Å². The second-order valence-corrected chi connectivity index (χ2v) is 4.99. The van der Waals surface area contributed by atoms with Crippen molar-refractivity contribution in [2.24, 2.45) is 0 Å². The number of aromatic nitrogens is 1. The predicted molar refractivity (Wildman–Crippen MR) is 80.6 cm³/mol. The Morgan fingerprint density at radius 1 is 1.45 bits per heavy atom.